The van der Waals surface area contributed by atoms with Gasteiger partial charge in [0.2, 0.25) is 0 Å². The predicted molar refractivity (Wildman–Crippen MR) is 123 cm³/mol. The number of aliphatic imine (C=N–C) groups is 1. The Morgan fingerprint density at radius 2 is 1.45 bits per heavy atom. The van der Waals surface area contributed by atoms with Gasteiger partial charge in [-0.3, -0.25) is 25.4 Å². The summed E-state index contributed by atoms with van der Waals surface area (Å²) in [5.41, 5.74) is 20.8. The summed E-state index contributed by atoms with van der Waals surface area (Å²) in [7, 11) is 0. The number of rotatable bonds is 13. The molecule has 0 spiro atoms. The van der Waals surface area contributed by atoms with E-state index >= 15 is 0 Å². The normalized spacial score (nSPS) is 9.72. The molecule has 29 heavy (non-hydrogen) atoms. The summed E-state index contributed by atoms with van der Waals surface area (Å²) in [5.74, 6) is 0. The summed E-state index contributed by atoms with van der Waals surface area (Å²) < 4.78 is 0. The molecule has 0 aromatic rings. The zero-order valence-corrected chi connectivity index (χ0v) is 18.0. The standard InChI is InChI=1S/C13H25N7.C3H10N2.C2H2O2/c1-12(2)5-6-14-7-8-15-16-9-10-17-18-11-19-20-13(3)4;4-2-1-3-5;3-1-2-4/h5-6,9-10,15,18-19H,7-8,11H2,1-4H3;1-5H2;1-2H/b14-6?,16-9-,17-10+;;. The Bertz CT molecular complexity index is 499. The lowest BCUT2D eigenvalue weighted by atomic mass is 10.3. The molecule has 0 radical (unpaired) electrons. The van der Waals surface area contributed by atoms with E-state index in [1.807, 2.05) is 33.8 Å². The minimum Gasteiger partial charge on any atom is -0.330 e. The average molecular weight is 412 g/mol. The van der Waals surface area contributed by atoms with Crippen LogP contribution in [0.1, 0.15) is 34.1 Å². The summed E-state index contributed by atoms with van der Waals surface area (Å²) in [6.45, 7) is 11.2. The van der Waals surface area contributed by atoms with Crippen LogP contribution in [0.25, 0.3) is 0 Å². The first kappa shape index (κ1) is 30.8. The third-order valence-corrected chi connectivity index (χ3v) is 2.19. The van der Waals surface area contributed by atoms with E-state index in [1.54, 1.807) is 18.6 Å². The number of hydrazone groups is 3. The van der Waals surface area contributed by atoms with Crippen molar-refractivity contribution in [2.75, 3.05) is 32.8 Å². The SMILES string of the molecule is CC(C)=CC=NCCN/N=C\C=N\NCNN=C(C)C.NCCCN.O=CC=O. The third kappa shape index (κ3) is 45.8. The highest BCUT2D eigenvalue weighted by atomic mass is 16.2. The van der Waals surface area contributed by atoms with Crippen LogP contribution in [0.2, 0.25) is 0 Å². The van der Waals surface area contributed by atoms with Gasteiger partial charge in [-0.25, -0.2) is 0 Å². The van der Waals surface area contributed by atoms with Crippen LogP contribution in [0.3, 0.4) is 0 Å². The molecule has 0 aromatic heterocycles. The Balaban J connectivity index is -0.000000623. The van der Waals surface area contributed by atoms with Crippen molar-refractivity contribution >= 4 is 36.9 Å². The van der Waals surface area contributed by atoms with E-state index in [1.165, 1.54) is 5.57 Å². The average Bonchev–Trinajstić information content (AvgIpc) is 2.69. The molecule has 0 atom stereocenters. The minimum atomic E-state index is 0.194. The first-order valence-corrected chi connectivity index (χ1v) is 9.12. The van der Waals surface area contributed by atoms with Crippen LogP contribution in [-0.4, -0.2) is 69.8 Å². The van der Waals surface area contributed by atoms with Crippen molar-refractivity contribution in [1.82, 2.24) is 16.3 Å². The molecule has 0 aliphatic heterocycles. The molecule has 11 heteroatoms. The van der Waals surface area contributed by atoms with Gasteiger partial charge in [-0.1, -0.05) is 5.57 Å². The van der Waals surface area contributed by atoms with Gasteiger partial charge in [0.1, 0.15) is 6.67 Å². The lowest BCUT2D eigenvalue weighted by Crippen LogP contribution is -2.21. The van der Waals surface area contributed by atoms with Gasteiger partial charge >= 0.3 is 0 Å². The fraction of sp³-hybridized carbons (Fsp3) is 0.556. The fourth-order valence-electron chi connectivity index (χ4n) is 1.02. The van der Waals surface area contributed by atoms with E-state index in [4.69, 9.17) is 21.1 Å². The van der Waals surface area contributed by atoms with E-state index in [0.29, 0.717) is 19.8 Å². The van der Waals surface area contributed by atoms with Crippen LogP contribution >= 0.6 is 0 Å². The highest BCUT2D eigenvalue weighted by Crippen LogP contribution is 1.83. The Kier molecular flexibility index (Phi) is 31.7. The van der Waals surface area contributed by atoms with Gasteiger partial charge in [0.25, 0.3) is 0 Å². The molecule has 166 valence electrons. The number of carbonyl (C=O) groups is 2. The number of nitrogens with two attached hydrogens (primary N) is 2. The van der Waals surface area contributed by atoms with E-state index in [-0.39, 0.29) is 12.6 Å². The number of carbonyl (C=O) groups excluding carboxylic acids is 2. The topological polar surface area (TPSA) is 172 Å². The third-order valence-electron chi connectivity index (χ3n) is 2.19. The first-order chi connectivity index (χ1) is 14.0. The quantitative estimate of drug-likeness (QED) is 0.0696. The van der Waals surface area contributed by atoms with Crippen molar-refractivity contribution in [3.63, 3.8) is 0 Å². The first-order valence-electron chi connectivity index (χ1n) is 9.12. The van der Waals surface area contributed by atoms with Crippen molar-refractivity contribution in [2.24, 2.45) is 31.8 Å². The summed E-state index contributed by atoms with van der Waals surface area (Å²) in [4.78, 5) is 21.8. The smallest absolute Gasteiger partial charge is 0.182 e. The van der Waals surface area contributed by atoms with Crippen LogP contribution < -0.4 is 27.7 Å². The number of nitrogens with one attached hydrogen (secondary N) is 3. The second-order valence-corrected chi connectivity index (χ2v) is 5.52. The molecule has 0 amide bonds. The van der Waals surface area contributed by atoms with Gasteiger partial charge in [-0.2, -0.15) is 15.3 Å². The van der Waals surface area contributed by atoms with Crippen LogP contribution in [0.15, 0.2) is 31.9 Å². The van der Waals surface area contributed by atoms with Gasteiger partial charge in [0, 0.05) is 11.9 Å². The molecule has 7 N–H and O–H groups in total. The maximum Gasteiger partial charge on any atom is 0.182 e. The van der Waals surface area contributed by atoms with Gasteiger partial charge in [0.05, 0.1) is 25.5 Å². The molecule has 0 aromatic carbocycles. The highest BCUT2D eigenvalue weighted by Gasteiger charge is 1.79. The number of hydrogen-bond acceptors (Lipinski definition) is 11. The highest BCUT2D eigenvalue weighted by molar-refractivity contribution is 6.15. The van der Waals surface area contributed by atoms with Crippen LogP contribution in [0.5, 0.6) is 0 Å². The zero-order chi connectivity index (χ0) is 22.6. The lowest BCUT2D eigenvalue weighted by Gasteiger charge is -1.98. The minimum absolute atomic E-state index is 0.194. The van der Waals surface area contributed by atoms with Crippen LogP contribution in [0.4, 0.5) is 0 Å². The van der Waals surface area contributed by atoms with Gasteiger partial charge in [-0.05, 0) is 53.3 Å². The van der Waals surface area contributed by atoms with Crippen molar-refractivity contribution in [2.45, 2.75) is 34.1 Å². The fourth-order valence-corrected chi connectivity index (χ4v) is 1.02. The summed E-state index contributed by atoms with van der Waals surface area (Å²) in [5, 5.41) is 11.8. The second kappa shape index (κ2) is 29.8. The summed E-state index contributed by atoms with van der Waals surface area (Å²) in [6, 6.07) is 0. The van der Waals surface area contributed by atoms with E-state index < -0.39 is 0 Å². The van der Waals surface area contributed by atoms with E-state index in [2.05, 4.69) is 36.6 Å². The molecule has 0 heterocycles. The number of hydrogen-bond donors (Lipinski definition) is 5. The van der Waals surface area contributed by atoms with Gasteiger partial charge in [-0.15, -0.1) is 0 Å². The Morgan fingerprint density at radius 3 is 1.90 bits per heavy atom. The van der Waals surface area contributed by atoms with Crippen molar-refractivity contribution in [1.29, 1.82) is 0 Å². The lowest BCUT2D eigenvalue weighted by molar-refractivity contribution is -0.122. The van der Waals surface area contributed by atoms with E-state index in [0.717, 1.165) is 25.2 Å². The Morgan fingerprint density at radius 1 is 0.862 bits per heavy atom. The summed E-state index contributed by atoms with van der Waals surface area (Å²) >= 11 is 0. The second-order valence-electron chi connectivity index (χ2n) is 5.52. The van der Waals surface area contributed by atoms with Crippen LogP contribution in [0, 0.1) is 0 Å². The molecule has 0 saturated heterocycles. The molecule has 0 aliphatic carbocycles. The zero-order valence-electron chi connectivity index (χ0n) is 18.0. The molecular formula is C18H37N9O2. The molecule has 0 unspecified atom stereocenters. The predicted octanol–water partition coefficient (Wildman–Crippen LogP) is -0.205. The van der Waals surface area contributed by atoms with Crippen molar-refractivity contribution in [3.8, 4) is 0 Å². The maximum absolute atomic E-state index is 8.81. The molecule has 11 nitrogen and oxygen atoms in total. The maximum atomic E-state index is 8.81. The molecule has 0 fully saturated rings. The molecule has 0 aliphatic rings. The number of nitrogens with zero attached hydrogens (tertiary/aromatic N) is 4. The largest absolute Gasteiger partial charge is 0.330 e. The summed E-state index contributed by atoms with van der Waals surface area (Å²) in [6.07, 6.45) is 8.24. The molecule has 0 saturated carbocycles. The molecule has 0 rings (SSSR count). The molecule has 0 bridgehead atoms. The Labute approximate surface area is 173 Å². The molecular weight excluding hydrogens is 374 g/mol. The van der Waals surface area contributed by atoms with Gasteiger partial charge in [0.15, 0.2) is 12.6 Å². The van der Waals surface area contributed by atoms with Crippen molar-refractivity contribution < 1.29 is 9.59 Å². The van der Waals surface area contributed by atoms with Gasteiger partial charge < -0.3 is 16.9 Å². The monoisotopic (exact) mass is 411 g/mol. The number of aldehydes is 2. The Hall–Kier alpha value is -2.92. The van der Waals surface area contributed by atoms with Crippen LogP contribution in [-0.2, 0) is 9.59 Å². The number of allylic oxidation sites excluding steroid dienone is 2. The van der Waals surface area contributed by atoms with Crippen molar-refractivity contribution in [3.05, 3.63) is 11.6 Å². The van der Waals surface area contributed by atoms with E-state index in [9.17, 15) is 0 Å².